The zero-order chi connectivity index (χ0) is 25.6. The average molecular weight is 599 g/mol. The maximum atomic E-state index is 13.8. The topological polar surface area (TPSA) is 74.0 Å². The summed E-state index contributed by atoms with van der Waals surface area (Å²) in [5.41, 5.74) is 4.39. The molecular weight excluding hydrogens is 573 g/mol. The fourth-order valence-electron chi connectivity index (χ4n) is 4.53. The Morgan fingerprint density at radius 1 is 0.730 bits per heavy atom. The Morgan fingerprint density at radius 3 is 1.97 bits per heavy atom. The highest BCUT2D eigenvalue weighted by Crippen LogP contribution is 2.26. The van der Waals surface area contributed by atoms with Crippen LogP contribution in [-0.4, -0.2) is 22.8 Å². The van der Waals surface area contributed by atoms with Gasteiger partial charge in [-0.2, -0.15) is 0 Å². The molecule has 5 aromatic rings. The first-order valence-corrected chi connectivity index (χ1v) is 13.2. The van der Waals surface area contributed by atoms with Crippen molar-refractivity contribution in [1.29, 1.82) is 0 Å². The van der Waals surface area contributed by atoms with Crippen molar-refractivity contribution in [1.82, 2.24) is 10.3 Å². The molecule has 5 nitrogen and oxygen atoms in total. The summed E-state index contributed by atoms with van der Waals surface area (Å²) in [5.74, 6) is -1.03. The maximum Gasteiger partial charge on any atom is 0.247 e. The summed E-state index contributed by atoms with van der Waals surface area (Å²) in [4.78, 5) is 30.7. The molecule has 6 heteroatoms. The standard InChI is InChI=1S/C31H26IN3O2/c32-24-15-17-25(18-16-24)34-30(36)28(19-23-20-33-27-14-8-7-13-26(23)27)35-31(37)29(21-9-3-1-4-10-21)22-11-5-2-6-12-22/h1-18,20,28-29,33H,19H2,(H,34,36)(H,35,37)/t28-/m1/s1. The van der Waals surface area contributed by atoms with Gasteiger partial charge in [0, 0.05) is 32.8 Å². The lowest BCUT2D eigenvalue weighted by Crippen LogP contribution is -2.47. The molecule has 0 bridgehead atoms. The second kappa shape index (κ2) is 11.4. The lowest BCUT2D eigenvalue weighted by Gasteiger charge is -2.23. The molecule has 0 saturated heterocycles. The third-order valence-electron chi connectivity index (χ3n) is 6.37. The summed E-state index contributed by atoms with van der Waals surface area (Å²) >= 11 is 2.23. The summed E-state index contributed by atoms with van der Waals surface area (Å²) in [6.45, 7) is 0. The second-order valence-corrected chi connectivity index (χ2v) is 10.1. The number of H-pyrrole nitrogens is 1. The van der Waals surface area contributed by atoms with Crippen LogP contribution in [0.3, 0.4) is 0 Å². The predicted octanol–water partition coefficient (Wildman–Crippen LogP) is 6.27. The Bertz CT molecular complexity index is 1460. The van der Waals surface area contributed by atoms with Gasteiger partial charge in [-0.3, -0.25) is 9.59 Å². The molecule has 5 rings (SSSR count). The smallest absolute Gasteiger partial charge is 0.247 e. The predicted molar refractivity (Wildman–Crippen MR) is 156 cm³/mol. The van der Waals surface area contributed by atoms with Crippen LogP contribution in [0.4, 0.5) is 5.69 Å². The number of nitrogens with one attached hydrogen (secondary N) is 3. The van der Waals surface area contributed by atoms with E-state index in [1.165, 1.54) is 0 Å². The zero-order valence-electron chi connectivity index (χ0n) is 20.0. The number of carbonyl (C=O) groups is 2. The fraction of sp³-hybridized carbons (Fsp3) is 0.0968. The van der Waals surface area contributed by atoms with Crippen molar-refractivity contribution in [2.45, 2.75) is 18.4 Å². The SMILES string of the molecule is O=C(N[C@H](Cc1c[nH]c2ccccc12)C(=O)Nc1ccc(I)cc1)C(c1ccccc1)c1ccccc1. The van der Waals surface area contributed by atoms with E-state index < -0.39 is 12.0 Å². The van der Waals surface area contributed by atoms with Crippen LogP contribution in [0.25, 0.3) is 10.9 Å². The summed E-state index contributed by atoms with van der Waals surface area (Å²) in [6, 6.07) is 34.1. The second-order valence-electron chi connectivity index (χ2n) is 8.88. The normalized spacial score (nSPS) is 11.8. The van der Waals surface area contributed by atoms with Crippen LogP contribution in [-0.2, 0) is 16.0 Å². The van der Waals surface area contributed by atoms with Crippen LogP contribution in [0.15, 0.2) is 115 Å². The van der Waals surface area contributed by atoms with Crippen molar-refractivity contribution in [2.75, 3.05) is 5.32 Å². The molecule has 0 unspecified atom stereocenters. The van der Waals surface area contributed by atoms with Gasteiger partial charge in [-0.15, -0.1) is 0 Å². The monoisotopic (exact) mass is 599 g/mol. The molecule has 0 radical (unpaired) electrons. The molecule has 0 spiro atoms. The summed E-state index contributed by atoms with van der Waals surface area (Å²) in [5, 5.41) is 7.10. The number of rotatable bonds is 8. The van der Waals surface area contributed by atoms with Gasteiger partial charge in [-0.1, -0.05) is 78.9 Å². The van der Waals surface area contributed by atoms with Gasteiger partial charge in [0.1, 0.15) is 6.04 Å². The molecule has 0 saturated carbocycles. The molecule has 0 aliphatic carbocycles. The number of para-hydroxylation sites is 1. The number of amides is 2. The number of benzene rings is 4. The lowest BCUT2D eigenvalue weighted by atomic mass is 9.90. The van der Waals surface area contributed by atoms with Gasteiger partial charge in [0.2, 0.25) is 11.8 Å². The fourth-order valence-corrected chi connectivity index (χ4v) is 4.89. The molecule has 3 N–H and O–H groups in total. The van der Waals surface area contributed by atoms with Crippen LogP contribution in [0.2, 0.25) is 0 Å². The van der Waals surface area contributed by atoms with Gasteiger partial charge >= 0.3 is 0 Å². The quantitative estimate of drug-likeness (QED) is 0.184. The van der Waals surface area contributed by atoms with E-state index in [1.54, 1.807) is 0 Å². The minimum absolute atomic E-state index is 0.222. The van der Waals surface area contributed by atoms with Crippen LogP contribution >= 0.6 is 22.6 Å². The number of aromatic amines is 1. The molecule has 1 aromatic heterocycles. The highest BCUT2D eigenvalue weighted by molar-refractivity contribution is 14.1. The van der Waals surface area contributed by atoms with Gasteiger partial charge in [-0.05, 0) is 69.6 Å². The van der Waals surface area contributed by atoms with Crippen molar-refractivity contribution in [3.05, 3.63) is 136 Å². The highest BCUT2D eigenvalue weighted by Gasteiger charge is 2.28. The van der Waals surface area contributed by atoms with Crippen molar-refractivity contribution < 1.29 is 9.59 Å². The first-order valence-electron chi connectivity index (χ1n) is 12.1. The van der Waals surface area contributed by atoms with Crippen molar-refractivity contribution in [3.8, 4) is 0 Å². The molecule has 0 fully saturated rings. The average Bonchev–Trinajstić information content (AvgIpc) is 3.34. The number of hydrogen-bond acceptors (Lipinski definition) is 2. The minimum atomic E-state index is -0.777. The third kappa shape index (κ3) is 5.91. The summed E-state index contributed by atoms with van der Waals surface area (Å²) < 4.78 is 1.08. The van der Waals surface area contributed by atoms with E-state index in [0.717, 1.165) is 31.2 Å². The minimum Gasteiger partial charge on any atom is -0.361 e. The Balaban J connectivity index is 1.46. The summed E-state index contributed by atoms with van der Waals surface area (Å²) in [6.07, 6.45) is 2.26. The number of hydrogen-bond donors (Lipinski definition) is 3. The Kier molecular flexibility index (Phi) is 7.65. The van der Waals surface area contributed by atoms with E-state index >= 15 is 0 Å². The molecular formula is C31H26IN3O2. The van der Waals surface area contributed by atoms with E-state index in [0.29, 0.717) is 12.1 Å². The van der Waals surface area contributed by atoms with Crippen molar-refractivity contribution >= 4 is 51.0 Å². The number of fused-ring (bicyclic) bond motifs is 1. The van der Waals surface area contributed by atoms with Gasteiger partial charge < -0.3 is 15.6 Å². The molecule has 184 valence electrons. The highest BCUT2D eigenvalue weighted by atomic mass is 127. The number of carbonyl (C=O) groups excluding carboxylic acids is 2. The largest absolute Gasteiger partial charge is 0.361 e. The molecule has 0 aliphatic rings. The number of anilines is 1. The molecule has 1 atom stereocenters. The van der Waals surface area contributed by atoms with Gasteiger partial charge in [0.25, 0.3) is 0 Å². The number of halogens is 1. The Labute approximate surface area is 229 Å². The Morgan fingerprint density at radius 2 is 1.32 bits per heavy atom. The van der Waals surface area contributed by atoms with Gasteiger partial charge in [0.15, 0.2) is 0 Å². The molecule has 2 amide bonds. The van der Waals surface area contributed by atoms with E-state index in [9.17, 15) is 9.59 Å². The first kappa shape index (κ1) is 24.8. The summed E-state index contributed by atoms with van der Waals surface area (Å²) in [7, 11) is 0. The molecule has 1 heterocycles. The van der Waals surface area contributed by atoms with E-state index in [4.69, 9.17) is 0 Å². The van der Waals surface area contributed by atoms with Gasteiger partial charge in [0.05, 0.1) is 5.92 Å². The Hall–Kier alpha value is -3.91. The van der Waals surface area contributed by atoms with Crippen molar-refractivity contribution in [2.24, 2.45) is 0 Å². The van der Waals surface area contributed by atoms with E-state index in [2.05, 4.69) is 38.2 Å². The number of aromatic nitrogens is 1. The van der Waals surface area contributed by atoms with Gasteiger partial charge in [-0.25, -0.2) is 0 Å². The first-order chi connectivity index (χ1) is 18.1. The zero-order valence-corrected chi connectivity index (χ0v) is 22.2. The van der Waals surface area contributed by atoms with E-state index in [1.807, 2.05) is 115 Å². The van der Waals surface area contributed by atoms with Crippen molar-refractivity contribution in [3.63, 3.8) is 0 Å². The van der Waals surface area contributed by atoms with Crippen LogP contribution in [0, 0.1) is 3.57 Å². The molecule has 37 heavy (non-hydrogen) atoms. The third-order valence-corrected chi connectivity index (χ3v) is 7.09. The van der Waals surface area contributed by atoms with E-state index in [-0.39, 0.29) is 11.8 Å². The van der Waals surface area contributed by atoms with Crippen LogP contribution in [0.1, 0.15) is 22.6 Å². The van der Waals surface area contributed by atoms with Crippen LogP contribution in [0.5, 0.6) is 0 Å². The molecule has 4 aromatic carbocycles. The molecule has 0 aliphatic heterocycles. The lowest BCUT2D eigenvalue weighted by molar-refractivity contribution is -0.126. The maximum absolute atomic E-state index is 13.8. The van der Waals surface area contributed by atoms with Crippen LogP contribution < -0.4 is 10.6 Å².